The fourth-order valence-electron chi connectivity index (χ4n) is 1.59. The average Bonchev–Trinajstić information content (AvgIpc) is 2.95. The Bertz CT molecular complexity index is 673. The lowest BCUT2D eigenvalue weighted by Crippen LogP contribution is -2.08. The van der Waals surface area contributed by atoms with Crippen LogP contribution in [0.5, 0.6) is 5.88 Å². The molecule has 0 atom stereocenters. The Labute approximate surface area is 147 Å². The van der Waals surface area contributed by atoms with E-state index in [-0.39, 0.29) is 18.4 Å². The van der Waals surface area contributed by atoms with Gasteiger partial charge in [-0.05, 0) is 0 Å². The number of hydrogen-bond acceptors (Lipinski definition) is 7. The standard InChI is InChI=1S/C9H14N5O5P.C3H8.C2H6/c1-18-8-6-7(12-9(10)13-8)14(4-11-6)2-3-19-5-20(15,16)17;1-3-2;1-2/h4H,2-3,5H2,1H3,(H2,10,12,13)(H2,15,16,17);3H2,1-2H3;1-2H3. The molecule has 0 aliphatic rings. The van der Waals surface area contributed by atoms with Gasteiger partial charge in [0.1, 0.15) is 6.35 Å². The van der Waals surface area contributed by atoms with E-state index >= 15 is 0 Å². The highest BCUT2D eigenvalue weighted by molar-refractivity contribution is 7.51. The number of fused-ring (bicyclic) bond motifs is 1. The molecule has 25 heavy (non-hydrogen) atoms. The first-order chi connectivity index (χ1) is 11.8. The predicted octanol–water partition coefficient (Wildman–Crippen LogP) is 2.01. The molecule has 0 spiro atoms. The van der Waals surface area contributed by atoms with Crippen molar-refractivity contribution >= 4 is 24.7 Å². The van der Waals surface area contributed by atoms with E-state index < -0.39 is 13.9 Å². The Balaban J connectivity index is 0.00000104. The molecule has 0 bridgehead atoms. The van der Waals surface area contributed by atoms with Crippen molar-refractivity contribution in [2.24, 2.45) is 0 Å². The molecule has 10 nitrogen and oxygen atoms in total. The first kappa shape index (κ1) is 23.3. The summed E-state index contributed by atoms with van der Waals surface area (Å²) in [4.78, 5) is 29.4. The molecule has 144 valence electrons. The summed E-state index contributed by atoms with van der Waals surface area (Å²) >= 11 is 0. The molecule has 0 fully saturated rings. The van der Waals surface area contributed by atoms with Crippen molar-refractivity contribution in [1.29, 1.82) is 0 Å². The second kappa shape index (κ2) is 11.8. The Morgan fingerprint density at radius 1 is 1.28 bits per heavy atom. The van der Waals surface area contributed by atoms with Gasteiger partial charge in [0.15, 0.2) is 11.2 Å². The summed E-state index contributed by atoms with van der Waals surface area (Å²) in [6, 6.07) is 0. The number of nitrogens with zero attached hydrogens (tertiary/aromatic N) is 4. The van der Waals surface area contributed by atoms with Gasteiger partial charge in [-0.25, -0.2) is 4.98 Å². The van der Waals surface area contributed by atoms with Crippen molar-refractivity contribution < 1.29 is 23.8 Å². The third-order valence-corrected chi connectivity index (χ3v) is 2.90. The zero-order valence-corrected chi connectivity index (χ0v) is 16.2. The minimum atomic E-state index is -4.15. The van der Waals surface area contributed by atoms with Gasteiger partial charge in [0.05, 0.1) is 20.0 Å². The van der Waals surface area contributed by atoms with Gasteiger partial charge >= 0.3 is 7.60 Å². The highest BCUT2D eigenvalue weighted by atomic mass is 31.2. The maximum Gasteiger partial charge on any atom is 0.350 e. The number of nitrogens with two attached hydrogens (primary N) is 1. The zero-order valence-electron chi connectivity index (χ0n) is 15.3. The summed E-state index contributed by atoms with van der Waals surface area (Å²) in [7, 11) is -2.71. The summed E-state index contributed by atoms with van der Waals surface area (Å²) in [6.45, 7) is 8.67. The van der Waals surface area contributed by atoms with Gasteiger partial charge in [0.2, 0.25) is 11.8 Å². The van der Waals surface area contributed by atoms with Crippen LogP contribution in [0.2, 0.25) is 0 Å². The third-order valence-electron chi connectivity index (χ3n) is 2.38. The Hall–Kier alpha value is -1.74. The highest BCUT2D eigenvalue weighted by Gasteiger charge is 2.14. The first-order valence-electron chi connectivity index (χ1n) is 7.97. The molecule has 0 unspecified atom stereocenters. The van der Waals surface area contributed by atoms with Crippen LogP contribution in [0.1, 0.15) is 34.1 Å². The number of imidazole rings is 1. The third kappa shape index (κ3) is 8.26. The molecular formula is C14H28N5O5P. The zero-order chi connectivity index (χ0) is 19.5. The number of aromatic nitrogens is 4. The van der Waals surface area contributed by atoms with Gasteiger partial charge in [-0.2, -0.15) is 9.97 Å². The summed E-state index contributed by atoms with van der Waals surface area (Å²) in [6.07, 6.45) is 2.13. The Morgan fingerprint density at radius 2 is 1.88 bits per heavy atom. The van der Waals surface area contributed by atoms with Crippen LogP contribution in [-0.4, -0.2) is 49.4 Å². The predicted molar refractivity (Wildman–Crippen MR) is 96.5 cm³/mol. The van der Waals surface area contributed by atoms with E-state index in [1.807, 2.05) is 13.8 Å². The van der Waals surface area contributed by atoms with Gasteiger partial charge in [-0.15, -0.1) is 0 Å². The molecule has 0 aromatic carbocycles. The van der Waals surface area contributed by atoms with Crippen LogP contribution in [0.25, 0.3) is 11.2 Å². The molecule has 0 saturated heterocycles. The van der Waals surface area contributed by atoms with E-state index in [1.165, 1.54) is 19.9 Å². The number of methoxy groups -OCH3 is 1. The number of anilines is 1. The molecule has 0 radical (unpaired) electrons. The number of nitrogen functional groups attached to an aromatic ring is 1. The Kier molecular flexibility index (Phi) is 10.9. The van der Waals surface area contributed by atoms with Gasteiger partial charge in [0, 0.05) is 6.54 Å². The molecular weight excluding hydrogens is 349 g/mol. The minimum Gasteiger partial charge on any atom is -0.479 e. The van der Waals surface area contributed by atoms with Crippen molar-refractivity contribution in [2.75, 3.05) is 25.8 Å². The van der Waals surface area contributed by atoms with Crippen molar-refractivity contribution in [3.8, 4) is 5.88 Å². The molecule has 0 saturated carbocycles. The molecule has 4 N–H and O–H groups in total. The topological polar surface area (TPSA) is 146 Å². The number of ether oxygens (including phenoxy) is 2. The molecule has 11 heteroatoms. The van der Waals surface area contributed by atoms with Gasteiger partial charge in [-0.1, -0.05) is 34.1 Å². The number of rotatable bonds is 6. The summed E-state index contributed by atoms with van der Waals surface area (Å²) in [5.74, 6) is 0.314. The second-order valence-electron chi connectivity index (χ2n) is 4.61. The summed E-state index contributed by atoms with van der Waals surface area (Å²) in [5.41, 5.74) is 6.48. The molecule has 0 aliphatic carbocycles. The van der Waals surface area contributed by atoms with Crippen molar-refractivity contribution in [3.63, 3.8) is 0 Å². The van der Waals surface area contributed by atoms with Crippen molar-refractivity contribution in [3.05, 3.63) is 6.33 Å². The molecule has 0 aliphatic heterocycles. The minimum absolute atomic E-state index is 0.0484. The fraction of sp³-hybridized carbons (Fsp3) is 0.643. The fourth-order valence-corrected chi connectivity index (χ4v) is 1.95. The normalized spacial score (nSPS) is 10.5. The van der Waals surface area contributed by atoms with Crippen LogP contribution >= 0.6 is 7.60 Å². The summed E-state index contributed by atoms with van der Waals surface area (Å²) < 4.78 is 22.2. The lowest BCUT2D eigenvalue weighted by Gasteiger charge is -2.07. The quantitative estimate of drug-likeness (QED) is 0.508. The van der Waals surface area contributed by atoms with E-state index in [1.54, 1.807) is 4.57 Å². The van der Waals surface area contributed by atoms with Crippen LogP contribution in [0, 0.1) is 0 Å². The molecule has 2 heterocycles. The molecule has 2 rings (SSSR count). The second-order valence-corrected chi connectivity index (χ2v) is 6.20. The van der Waals surface area contributed by atoms with Crippen LogP contribution in [0.3, 0.4) is 0 Å². The van der Waals surface area contributed by atoms with Gasteiger partial charge in [0.25, 0.3) is 0 Å². The highest BCUT2D eigenvalue weighted by Crippen LogP contribution is 2.33. The lowest BCUT2D eigenvalue weighted by molar-refractivity contribution is 0.149. The Morgan fingerprint density at radius 3 is 2.40 bits per heavy atom. The van der Waals surface area contributed by atoms with Crippen LogP contribution in [-0.2, 0) is 15.8 Å². The van der Waals surface area contributed by atoms with Crippen molar-refractivity contribution in [1.82, 2.24) is 19.5 Å². The molecule has 2 aromatic heterocycles. The monoisotopic (exact) mass is 377 g/mol. The van der Waals surface area contributed by atoms with E-state index in [0.717, 1.165) is 0 Å². The number of hydrogen-bond donors (Lipinski definition) is 3. The summed E-state index contributed by atoms with van der Waals surface area (Å²) in [5, 5.41) is 0. The largest absolute Gasteiger partial charge is 0.479 e. The maximum atomic E-state index is 10.6. The van der Waals surface area contributed by atoms with E-state index in [9.17, 15) is 4.57 Å². The SMILES string of the molecule is CC.CCC.COc1nc(N)nc2c1ncn2CCOCP(=O)(O)O. The van der Waals surface area contributed by atoms with Gasteiger partial charge < -0.3 is 29.6 Å². The van der Waals surface area contributed by atoms with Crippen LogP contribution < -0.4 is 10.5 Å². The maximum absolute atomic E-state index is 10.6. The average molecular weight is 377 g/mol. The van der Waals surface area contributed by atoms with Crippen molar-refractivity contribution in [2.45, 2.75) is 40.7 Å². The first-order valence-corrected chi connectivity index (χ1v) is 9.76. The van der Waals surface area contributed by atoms with Gasteiger partial charge in [-0.3, -0.25) is 4.57 Å². The molecule has 0 amide bonds. The van der Waals surface area contributed by atoms with E-state index in [4.69, 9.17) is 25.0 Å². The smallest absolute Gasteiger partial charge is 0.350 e. The lowest BCUT2D eigenvalue weighted by atomic mass is 10.5. The van der Waals surface area contributed by atoms with E-state index in [2.05, 4.69) is 28.8 Å². The van der Waals surface area contributed by atoms with E-state index in [0.29, 0.717) is 17.7 Å². The van der Waals surface area contributed by atoms with Crippen LogP contribution in [0.4, 0.5) is 5.95 Å². The van der Waals surface area contributed by atoms with Crippen LogP contribution in [0.15, 0.2) is 6.33 Å². The molecule has 2 aromatic rings.